The number of aromatic nitrogens is 3. The number of hydrogen-bond donors (Lipinski definition) is 1. The normalized spacial score (nSPS) is 10.8. The van der Waals surface area contributed by atoms with E-state index in [4.69, 9.17) is 0 Å². The van der Waals surface area contributed by atoms with Gasteiger partial charge in [0, 0.05) is 19.7 Å². The van der Waals surface area contributed by atoms with Gasteiger partial charge in [0.2, 0.25) is 0 Å². The number of anilines is 1. The molecule has 4 heteroatoms. The molecule has 0 atom stereocenters. The van der Waals surface area contributed by atoms with Gasteiger partial charge in [0.25, 0.3) is 0 Å². The summed E-state index contributed by atoms with van der Waals surface area (Å²) in [6.45, 7) is 0. The number of rotatable bonds is 2. The summed E-state index contributed by atoms with van der Waals surface area (Å²) in [7, 11) is 4.05. The number of H-pyrrole nitrogens is 1. The fourth-order valence-corrected chi connectivity index (χ4v) is 2.04. The van der Waals surface area contributed by atoms with E-state index in [1.807, 2.05) is 38.5 Å². The predicted molar refractivity (Wildman–Crippen MR) is 73.7 cm³/mol. The Morgan fingerprint density at radius 1 is 1.11 bits per heavy atom. The first-order valence-corrected chi connectivity index (χ1v) is 5.82. The minimum absolute atomic E-state index is 0.819. The summed E-state index contributed by atoms with van der Waals surface area (Å²) in [5.74, 6) is 0. The molecule has 0 bridgehead atoms. The van der Waals surface area contributed by atoms with Crippen LogP contribution in [-0.2, 0) is 0 Å². The Morgan fingerprint density at radius 3 is 2.61 bits per heavy atom. The molecule has 1 aromatic carbocycles. The van der Waals surface area contributed by atoms with E-state index in [0.29, 0.717) is 0 Å². The first-order chi connectivity index (χ1) is 8.75. The highest BCUT2D eigenvalue weighted by Gasteiger charge is 2.10. The van der Waals surface area contributed by atoms with E-state index in [9.17, 15) is 0 Å². The fraction of sp³-hybridized carbons (Fsp3) is 0.143. The summed E-state index contributed by atoms with van der Waals surface area (Å²) < 4.78 is 0. The summed E-state index contributed by atoms with van der Waals surface area (Å²) in [5, 5.41) is 8.04. The molecule has 0 fully saturated rings. The first kappa shape index (κ1) is 10.8. The third-order valence-corrected chi connectivity index (χ3v) is 2.95. The summed E-state index contributed by atoms with van der Waals surface area (Å²) >= 11 is 0. The number of benzene rings is 1. The molecule has 18 heavy (non-hydrogen) atoms. The number of hydrogen-bond acceptors (Lipinski definition) is 3. The molecule has 0 radical (unpaired) electrons. The smallest absolute Gasteiger partial charge is 0.157 e. The third-order valence-electron chi connectivity index (χ3n) is 2.95. The molecule has 0 amide bonds. The van der Waals surface area contributed by atoms with E-state index < -0.39 is 0 Å². The third kappa shape index (κ3) is 1.72. The maximum Gasteiger partial charge on any atom is 0.157 e. The van der Waals surface area contributed by atoms with E-state index in [2.05, 4.69) is 38.3 Å². The predicted octanol–water partition coefficient (Wildman–Crippen LogP) is 2.69. The molecule has 0 unspecified atom stereocenters. The Balaban J connectivity index is 2.25. The Labute approximate surface area is 105 Å². The zero-order valence-corrected chi connectivity index (χ0v) is 10.4. The lowest BCUT2D eigenvalue weighted by molar-refractivity contribution is 1.10. The number of nitrogens with one attached hydrogen (secondary N) is 1. The van der Waals surface area contributed by atoms with Crippen molar-refractivity contribution in [1.29, 1.82) is 0 Å². The maximum absolute atomic E-state index is 4.60. The zero-order valence-electron chi connectivity index (χ0n) is 10.4. The summed E-state index contributed by atoms with van der Waals surface area (Å²) in [6, 6.07) is 12.2. The van der Waals surface area contributed by atoms with Gasteiger partial charge in [-0.05, 0) is 6.07 Å². The largest absolute Gasteiger partial charge is 0.377 e. The second kappa shape index (κ2) is 4.14. The Morgan fingerprint density at radius 2 is 1.89 bits per heavy atom. The van der Waals surface area contributed by atoms with Gasteiger partial charge in [-0.1, -0.05) is 30.3 Å². The number of fused-ring (bicyclic) bond motifs is 1. The minimum Gasteiger partial charge on any atom is -0.377 e. The standard InChI is InChI=1S/C14H14N4/c1-18(2)13-8-12(10-6-4-3-5-7-10)16-14-11(13)9-15-17-14/h3-9H,1-2H3,(H,15,16,17). The van der Waals surface area contributed by atoms with Gasteiger partial charge in [0.15, 0.2) is 5.65 Å². The van der Waals surface area contributed by atoms with Crippen LogP contribution in [0.25, 0.3) is 22.3 Å². The van der Waals surface area contributed by atoms with Crippen molar-refractivity contribution in [2.75, 3.05) is 19.0 Å². The number of aromatic amines is 1. The van der Waals surface area contributed by atoms with E-state index in [1.54, 1.807) is 0 Å². The Kier molecular flexibility index (Phi) is 2.48. The van der Waals surface area contributed by atoms with Crippen molar-refractivity contribution in [3.8, 4) is 11.3 Å². The average Bonchev–Trinajstić information content (AvgIpc) is 2.86. The van der Waals surface area contributed by atoms with Gasteiger partial charge in [0.05, 0.1) is 23.0 Å². The van der Waals surface area contributed by atoms with E-state index in [0.717, 1.165) is 28.0 Å². The highest BCUT2D eigenvalue weighted by Crippen LogP contribution is 2.28. The van der Waals surface area contributed by atoms with Crippen molar-refractivity contribution in [3.05, 3.63) is 42.6 Å². The molecule has 1 N–H and O–H groups in total. The zero-order chi connectivity index (χ0) is 12.5. The minimum atomic E-state index is 0.819. The topological polar surface area (TPSA) is 44.8 Å². The Bertz CT molecular complexity index is 671. The fourth-order valence-electron chi connectivity index (χ4n) is 2.04. The molecule has 3 rings (SSSR count). The van der Waals surface area contributed by atoms with Gasteiger partial charge in [-0.15, -0.1) is 0 Å². The molecule has 0 saturated carbocycles. The van der Waals surface area contributed by atoms with Crippen LogP contribution in [0.2, 0.25) is 0 Å². The van der Waals surface area contributed by atoms with Crippen molar-refractivity contribution < 1.29 is 0 Å². The van der Waals surface area contributed by atoms with Crippen LogP contribution in [0.1, 0.15) is 0 Å². The molecule has 0 aliphatic carbocycles. The van der Waals surface area contributed by atoms with Crippen molar-refractivity contribution in [1.82, 2.24) is 15.2 Å². The van der Waals surface area contributed by atoms with E-state index in [-0.39, 0.29) is 0 Å². The average molecular weight is 238 g/mol. The summed E-state index contributed by atoms with van der Waals surface area (Å²) in [6.07, 6.45) is 1.81. The van der Waals surface area contributed by atoms with Gasteiger partial charge in [-0.25, -0.2) is 4.98 Å². The lowest BCUT2D eigenvalue weighted by atomic mass is 10.1. The molecular formula is C14H14N4. The van der Waals surface area contributed by atoms with E-state index >= 15 is 0 Å². The summed E-state index contributed by atoms with van der Waals surface area (Å²) in [4.78, 5) is 6.68. The quantitative estimate of drug-likeness (QED) is 0.746. The SMILES string of the molecule is CN(C)c1cc(-c2ccccc2)nc2[nH]ncc12. The van der Waals surface area contributed by atoms with Gasteiger partial charge in [0.1, 0.15) is 0 Å². The lowest BCUT2D eigenvalue weighted by Gasteiger charge is -2.14. The van der Waals surface area contributed by atoms with Gasteiger partial charge in [-0.3, -0.25) is 5.10 Å². The first-order valence-electron chi connectivity index (χ1n) is 5.82. The van der Waals surface area contributed by atoms with Crippen LogP contribution >= 0.6 is 0 Å². The van der Waals surface area contributed by atoms with Crippen molar-refractivity contribution in [2.24, 2.45) is 0 Å². The molecule has 2 aromatic heterocycles. The van der Waals surface area contributed by atoms with Gasteiger partial charge >= 0.3 is 0 Å². The van der Waals surface area contributed by atoms with Crippen molar-refractivity contribution >= 4 is 16.7 Å². The van der Waals surface area contributed by atoms with Crippen LogP contribution in [-0.4, -0.2) is 29.3 Å². The van der Waals surface area contributed by atoms with Crippen LogP contribution < -0.4 is 4.90 Å². The molecule has 4 nitrogen and oxygen atoms in total. The molecular weight excluding hydrogens is 224 g/mol. The number of nitrogens with zero attached hydrogens (tertiary/aromatic N) is 3. The molecule has 0 saturated heterocycles. The highest BCUT2D eigenvalue weighted by atomic mass is 15.1. The van der Waals surface area contributed by atoms with Crippen LogP contribution in [0, 0.1) is 0 Å². The van der Waals surface area contributed by atoms with Crippen molar-refractivity contribution in [2.45, 2.75) is 0 Å². The monoisotopic (exact) mass is 238 g/mol. The maximum atomic E-state index is 4.60. The van der Waals surface area contributed by atoms with E-state index in [1.165, 1.54) is 0 Å². The second-order valence-corrected chi connectivity index (χ2v) is 4.42. The van der Waals surface area contributed by atoms with Crippen LogP contribution in [0.3, 0.4) is 0 Å². The molecule has 2 heterocycles. The second-order valence-electron chi connectivity index (χ2n) is 4.42. The van der Waals surface area contributed by atoms with Crippen LogP contribution in [0.5, 0.6) is 0 Å². The molecule has 0 aliphatic heterocycles. The molecule has 3 aromatic rings. The Hall–Kier alpha value is -2.36. The summed E-state index contributed by atoms with van der Waals surface area (Å²) in [5.41, 5.74) is 4.00. The molecule has 0 aliphatic rings. The molecule has 90 valence electrons. The van der Waals surface area contributed by atoms with Crippen molar-refractivity contribution in [3.63, 3.8) is 0 Å². The number of pyridine rings is 1. The van der Waals surface area contributed by atoms with Gasteiger partial charge in [-0.2, -0.15) is 5.10 Å². The van der Waals surface area contributed by atoms with Crippen LogP contribution in [0.4, 0.5) is 5.69 Å². The van der Waals surface area contributed by atoms with Gasteiger partial charge < -0.3 is 4.90 Å². The van der Waals surface area contributed by atoms with Crippen LogP contribution in [0.15, 0.2) is 42.6 Å². The molecule has 0 spiro atoms. The lowest BCUT2D eigenvalue weighted by Crippen LogP contribution is -2.09. The highest BCUT2D eigenvalue weighted by molar-refractivity contribution is 5.91.